The van der Waals surface area contributed by atoms with Gasteiger partial charge in [0.1, 0.15) is 6.61 Å². The standard InChI is InChI=1S/C21H26N2O4/c1-2-26-20-12-16(21(25)23-17-6-8-18(24)9-7-17)5-10-19(20)27-14-15-4-3-11-22-13-15/h3-5,10-13,17-18,24H,2,6-9,14H2,1H3,(H,23,25). The SMILES string of the molecule is CCOc1cc(C(=O)NC2CCC(O)CC2)ccc1OCc1cccnc1. The van der Waals surface area contributed by atoms with E-state index in [4.69, 9.17) is 9.47 Å². The van der Waals surface area contributed by atoms with Crippen LogP contribution in [0.1, 0.15) is 48.5 Å². The van der Waals surface area contributed by atoms with Crippen molar-refractivity contribution in [2.75, 3.05) is 6.61 Å². The van der Waals surface area contributed by atoms with Crippen molar-refractivity contribution in [3.05, 3.63) is 53.9 Å². The van der Waals surface area contributed by atoms with Gasteiger partial charge in [-0.2, -0.15) is 0 Å². The Hall–Kier alpha value is -2.60. The Morgan fingerprint density at radius 1 is 1.19 bits per heavy atom. The van der Waals surface area contributed by atoms with E-state index in [1.165, 1.54) is 0 Å². The van der Waals surface area contributed by atoms with E-state index in [0.717, 1.165) is 31.2 Å². The number of aromatic nitrogens is 1. The van der Waals surface area contributed by atoms with Gasteiger partial charge in [-0.15, -0.1) is 0 Å². The van der Waals surface area contributed by atoms with Crippen LogP contribution in [-0.4, -0.2) is 34.8 Å². The van der Waals surface area contributed by atoms with Gasteiger partial charge >= 0.3 is 0 Å². The summed E-state index contributed by atoms with van der Waals surface area (Å²) in [7, 11) is 0. The van der Waals surface area contributed by atoms with Crippen molar-refractivity contribution in [1.82, 2.24) is 10.3 Å². The first-order chi connectivity index (χ1) is 13.2. The lowest BCUT2D eigenvalue weighted by Gasteiger charge is -2.26. The maximum Gasteiger partial charge on any atom is 0.251 e. The van der Waals surface area contributed by atoms with E-state index in [-0.39, 0.29) is 18.1 Å². The Bertz CT molecular complexity index is 743. The number of pyridine rings is 1. The number of benzene rings is 1. The summed E-state index contributed by atoms with van der Waals surface area (Å²) in [5.41, 5.74) is 1.50. The van der Waals surface area contributed by atoms with Crippen molar-refractivity contribution in [2.24, 2.45) is 0 Å². The van der Waals surface area contributed by atoms with E-state index >= 15 is 0 Å². The van der Waals surface area contributed by atoms with Crippen LogP contribution in [0.4, 0.5) is 0 Å². The van der Waals surface area contributed by atoms with Crippen LogP contribution in [0, 0.1) is 0 Å². The number of nitrogens with zero attached hydrogens (tertiary/aromatic N) is 1. The molecule has 0 aliphatic heterocycles. The van der Waals surface area contributed by atoms with Gasteiger partial charge in [0.25, 0.3) is 5.91 Å². The van der Waals surface area contributed by atoms with E-state index in [9.17, 15) is 9.90 Å². The molecule has 0 spiro atoms. The van der Waals surface area contributed by atoms with Crippen LogP contribution in [0.2, 0.25) is 0 Å². The number of carbonyl (C=O) groups excluding carboxylic acids is 1. The molecule has 1 aliphatic carbocycles. The lowest BCUT2D eigenvalue weighted by molar-refractivity contribution is 0.0867. The number of amides is 1. The van der Waals surface area contributed by atoms with Gasteiger partial charge in [-0.25, -0.2) is 0 Å². The fourth-order valence-corrected chi connectivity index (χ4v) is 3.17. The molecule has 0 atom stereocenters. The van der Waals surface area contributed by atoms with Gasteiger partial charge in [-0.3, -0.25) is 9.78 Å². The Morgan fingerprint density at radius 2 is 2.00 bits per heavy atom. The van der Waals surface area contributed by atoms with Crippen molar-refractivity contribution in [2.45, 2.75) is 51.4 Å². The summed E-state index contributed by atoms with van der Waals surface area (Å²) in [4.78, 5) is 16.6. The molecule has 1 saturated carbocycles. The zero-order valence-corrected chi connectivity index (χ0v) is 15.6. The first-order valence-electron chi connectivity index (χ1n) is 9.43. The highest BCUT2D eigenvalue weighted by Gasteiger charge is 2.22. The van der Waals surface area contributed by atoms with Gasteiger partial charge in [0.2, 0.25) is 0 Å². The van der Waals surface area contributed by atoms with Crippen LogP contribution in [0.25, 0.3) is 0 Å². The molecular weight excluding hydrogens is 344 g/mol. The minimum Gasteiger partial charge on any atom is -0.490 e. The molecule has 6 nitrogen and oxygen atoms in total. The summed E-state index contributed by atoms with van der Waals surface area (Å²) in [6, 6.07) is 9.14. The first kappa shape index (κ1) is 19.2. The van der Waals surface area contributed by atoms with Gasteiger partial charge in [0.05, 0.1) is 12.7 Å². The zero-order chi connectivity index (χ0) is 19.1. The van der Waals surface area contributed by atoms with E-state index < -0.39 is 0 Å². The molecule has 3 rings (SSSR count). The molecule has 0 saturated heterocycles. The highest BCUT2D eigenvalue weighted by Crippen LogP contribution is 2.29. The molecule has 2 N–H and O–H groups in total. The Kier molecular flexibility index (Phi) is 6.65. The van der Waals surface area contributed by atoms with Crippen molar-refractivity contribution in [3.63, 3.8) is 0 Å². The van der Waals surface area contributed by atoms with Crippen LogP contribution < -0.4 is 14.8 Å². The van der Waals surface area contributed by atoms with Crippen molar-refractivity contribution in [3.8, 4) is 11.5 Å². The molecule has 1 aromatic carbocycles. The van der Waals surface area contributed by atoms with Crippen molar-refractivity contribution in [1.29, 1.82) is 0 Å². The smallest absolute Gasteiger partial charge is 0.251 e. The molecule has 2 aromatic rings. The van der Waals surface area contributed by atoms with E-state index in [2.05, 4.69) is 10.3 Å². The Balaban J connectivity index is 1.66. The first-order valence-corrected chi connectivity index (χ1v) is 9.43. The minimum absolute atomic E-state index is 0.109. The lowest BCUT2D eigenvalue weighted by Crippen LogP contribution is -2.38. The molecule has 1 aromatic heterocycles. The molecule has 0 bridgehead atoms. The van der Waals surface area contributed by atoms with E-state index in [1.807, 2.05) is 19.1 Å². The number of aliphatic hydroxyl groups is 1. The van der Waals surface area contributed by atoms with Crippen molar-refractivity contribution < 1.29 is 19.4 Å². The van der Waals surface area contributed by atoms with E-state index in [0.29, 0.717) is 30.3 Å². The average molecular weight is 370 g/mol. The number of hydrogen-bond donors (Lipinski definition) is 2. The maximum atomic E-state index is 12.6. The minimum atomic E-state index is -0.237. The molecule has 6 heteroatoms. The molecule has 1 fully saturated rings. The van der Waals surface area contributed by atoms with Crippen LogP contribution >= 0.6 is 0 Å². The predicted molar refractivity (Wildman–Crippen MR) is 102 cm³/mol. The third-order valence-electron chi connectivity index (χ3n) is 4.65. The van der Waals surface area contributed by atoms with Gasteiger partial charge in [0.15, 0.2) is 11.5 Å². The summed E-state index contributed by atoms with van der Waals surface area (Å²) >= 11 is 0. The van der Waals surface area contributed by atoms with Crippen LogP contribution in [0.15, 0.2) is 42.7 Å². The lowest BCUT2D eigenvalue weighted by atomic mass is 9.93. The third-order valence-corrected chi connectivity index (χ3v) is 4.65. The molecule has 0 radical (unpaired) electrons. The Labute approximate surface area is 159 Å². The summed E-state index contributed by atoms with van der Waals surface area (Å²) in [6.07, 6.45) is 6.30. The molecule has 1 aliphatic rings. The van der Waals surface area contributed by atoms with E-state index in [1.54, 1.807) is 30.6 Å². The highest BCUT2D eigenvalue weighted by atomic mass is 16.5. The number of hydrogen-bond acceptors (Lipinski definition) is 5. The Morgan fingerprint density at radius 3 is 2.70 bits per heavy atom. The quantitative estimate of drug-likeness (QED) is 0.783. The highest BCUT2D eigenvalue weighted by molar-refractivity contribution is 5.95. The molecule has 144 valence electrons. The maximum absolute atomic E-state index is 12.6. The van der Waals surface area contributed by atoms with Gasteiger partial charge in [-0.05, 0) is 56.9 Å². The summed E-state index contributed by atoms with van der Waals surface area (Å²) < 4.78 is 11.5. The molecule has 1 amide bonds. The molecule has 0 unspecified atom stereocenters. The third kappa shape index (κ3) is 5.44. The second kappa shape index (κ2) is 9.37. The predicted octanol–water partition coefficient (Wildman–Crippen LogP) is 3.09. The summed E-state index contributed by atoms with van der Waals surface area (Å²) in [5.74, 6) is 1.02. The zero-order valence-electron chi connectivity index (χ0n) is 15.6. The number of rotatable bonds is 7. The normalized spacial score (nSPS) is 19.3. The second-order valence-corrected chi connectivity index (χ2v) is 6.72. The second-order valence-electron chi connectivity index (χ2n) is 6.72. The number of aliphatic hydroxyl groups excluding tert-OH is 1. The fourth-order valence-electron chi connectivity index (χ4n) is 3.17. The topological polar surface area (TPSA) is 80.7 Å². The largest absolute Gasteiger partial charge is 0.490 e. The summed E-state index contributed by atoms with van der Waals surface area (Å²) in [6.45, 7) is 2.75. The summed E-state index contributed by atoms with van der Waals surface area (Å²) in [5, 5.41) is 12.6. The molecule has 1 heterocycles. The van der Waals surface area contributed by atoms with Crippen LogP contribution in [0.3, 0.4) is 0 Å². The van der Waals surface area contributed by atoms with Crippen LogP contribution in [0.5, 0.6) is 11.5 Å². The fraction of sp³-hybridized carbons (Fsp3) is 0.429. The molecule has 27 heavy (non-hydrogen) atoms. The van der Waals surface area contributed by atoms with Gasteiger partial charge < -0.3 is 19.9 Å². The molecular formula is C21H26N2O4. The average Bonchev–Trinajstić information content (AvgIpc) is 2.69. The number of nitrogens with one attached hydrogen (secondary N) is 1. The monoisotopic (exact) mass is 370 g/mol. The van der Waals surface area contributed by atoms with Crippen molar-refractivity contribution >= 4 is 5.91 Å². The number of carbonyl (C=O) groups is 1. The van der Waals surface area contributed by atoms with Crippen LogP contribution in [-0.2, 0) is 6.61 Å². The van der Waals surface area contributed by atoms with Gasteiger partial charge in [0, 0.05) is 29.6 Å². The number of ether oxygens (including phenoxy) is 2. The van der Waals surface area contributed by atoms with Gasteiger partial charge in [-0.1, -0.05) is 6.07 Å².